The van der Waals surface area contributed by atoms with Crippen molar-refractivity contribution < 1.29 is 9.90 Å². The molecule has 3 aromatic rings. The summed E-state index contributed by atoms with van der Waals surface area (Å²) >= 11 is 1.23. The van der Waals surface area contributed by atoms with Crippen LogP contribution in [0.3, 0.4) is 0 Å². The molecule has 24 heavy (non-hydrogen) atoms. The van der Waals surface area contributed by atoms with Crippen molar-refractivity contribution in [3.8, 4) is 0 Å². The van der Waals surface area contributed by atoms with E-state index in [9.17, 15) is 4.79 Å². The van der Waals surface area contributed by atoms with Crippen molar-refractivity contribution in [2.24, 2.45) is 0 Å². The van der Waals surface area contributed by atoms with Gasteiger partial charge < -0.3 is 5.11 Å². The standard InChI is InChI=1S/C19H16N2O2S/c1-13(19(22)23)24-18-15-9-5-6-10-16(15)20-17(21-18)12-11-14-7-3-2-4-8-14/h2-13H,1H3,(H,22,23). The van der Waals surface area contributed by atoms with Crippen molar-refractivity contribution in [3.63, 3.8) is 0 Å². The summed E-state index contributed by atoms with van der Waals surface area (Å²) in [5.41, 5.74) is 1.86. The number of hydrogen-bond donors (Lipinski definition) is 1. The molecule has 1 heterocycles. The third kappa shape index (κ3) is 3.81. The van der Waals surface area contributed by atoms with Crippen LogP contribution in [-0.4, -0.2) is 26.3 Å². The number of carboxylic acid groups (broad SMARTS) is 1. The molecular weight excluding hydrogens is 320 g/mol. The molecule has 1 atom stereocenters. The maximum atomic E-state index is 11.2. The second-order valence-electron chi connectivity index (χ2n) is 5.25. The Morgan fingerprint density at radius 1 is 1.04 bits per heavy atom. The highest BCUT2D eigenvalue weighted by atomic mass is 32.2. The van der Waals surface area contributed by atoms with E-state index in [2.05, 4.69) is 9.97 Å². The second-order valence-corrected chi connectivity index (χ2v) is 6.58. The van der Waals surface area contributed by atoms with Crippen LogP contribution in [-0.2, 0) is 4.79 Å². The Bertz CT molecular complexity index is 894. The van der Waals surface area contributed by atoms with Crippen LogP contribution >= 0.6 is 11.8 Å². The predicted molar refractivity (Wildman–Crippen MR) is 97.9 cm³/mol. The van der Waals surface area contributed by atoms with Crippen LogP contribution in [0, 0.1) is 0 Å². The lowest BCUT2D eigenvalue weighted by Gasteiger charge is -2.09. The fourth-order valence-electron chi connectivity index (χ4n) is 2.18. The number of benzene rings is 2. The van der Waals surface area contributed by atoms with Crippen LogP contribution in [0.2, 0.25) is 0 Å². The Hall–Kier alpha value is -2.66. The van der Waals surface area contributed by atoms with Gasteiger partial charge in [-0.2, -0.15) is 0 Å². The molecule has 0 aliphatic carbocycles. The SMILES string of the molecule is CC(Sc1nc(C=Cc2ccccc2)nc2ccccc12)C(=O)O. The number of fused-ring (bicyclic) bond motifs is 1. The molecule has 5 heteroatoms. The first-order chi connectivity index (χ1) is 11.6. The number of aromatic nitrogens is 2. The largest absolute Gasteiger partial charge is 0.480 e. The molecule has 4 nitrogen and oxygen atoms in total. The number of nitrogens with zero attached hydrogens (tertiary/aromatic N) is 2. The Balaban J connectivity index is 2.00. The number of carbonyl (C=O) groups is 1. The summed E-state index contributed by atoms with van der Waals surface area (Å²) in [7, 11) is 0. The molecule has 1 N–H and O–H groups in total. The lowest BCUT2D eigenvalue weighted by Crippen LogP contribution is -2.11. The number of thioether (sulfide) groups is 1. The molecule has 1 aromatic heterocycles. The quantitative estimate of drug-likeness (QED) is 0.554. The van der Waals surface area contributed by atoms with Crippen molar-refractivity contribution in [2.45, 2.75) is 17.2 Å². The van der Waals surface area contributed by atoms with Gasteiger partial charge in [0.25, 0.3) is 0 Å². The highest BCUT2D eigenvalue weighted by molar-refractivity contribution is 8.00. The molecule has 2 aromatic carbocycles. The molecule has 0 bridgehead atoms. The summed E-state index contributed by atoms with van der Waals surface area (Å²) in [4.78, 5) is 20.2. The van der Waals surface area contributed by atoms with Gasteiger partial charge in [-0.1, -0.05) is 66.4 Å². The average molecular weight is 336 g/mol. The lowest BCUT2D eigenvalue weighted by atomic mass is 10.2. The molecule has 0 saturated heterocycles. The molecular formula is C19H16N2O2S. The number of aliphatic carboxylic acids is 1. The predicted octanol–water partition coefficient (Wildman–Crippen LogP) is 4.37. The van der Waals surface area contributed by atoms with Crippen LogP contribution in [0.15, 0.2) is 59.6 Å². The fraction of sp³-hybridized carbons (Fsp3) is 0.105. The monoisotopic (exact) mass is 336 g/mol. The summed E-state index contributed by atoms with van der Waals surface area (Å²) in [6, 6.07) is 17.5. The molecule has 0 amide bonds. The Morgan fingerprint density at radius 3 is 2.50 bits per heavy atom. The van der Waals surface area contributed by atoms with Crippen LogP contribution in [0.4, 0.5) is 0 Å². The molecule has 1 unspecified atom stereocenters. The number of carboxylic acids is 1. The summed E-state index contributed by atoms with van der Waals surface area (Å²) < 4.78 is 0. The molecule has 0 fully saturated rings. The minimum atomic E-state index is -0.857. The van der Waals surface area contributed by atoms with Gasteiger partial charge in [-0.25, -0.2) is 9.97 Å². The van der Waals surface area contributed by atoms with E-state index in [4.69, 9.17) is 5.11 Å². The molecule has 0 aliphatic rings. The first kappa shape index (κ1) is 16.2. The molecule has 0 saturated carbocycles. The van der Waals surface area contributed by atoms with E-state index < -0.39 is 11.2 Å². The molecule has 0 spiro atoms. The van der Waals surface area contributed by atoms with E-state index in [0.29, 0.717) is 10.9 Å². The van der Waals surface area contributed by atoms with Gasteiger partial charge in [0.15, 0.2) is 5.82 Å². The first-order valence-corrected chi connectivity index (χ1v) is 8.41. The van der Waals surface area contributed by atoms with E-state index in [1.807, 2.05) is 66.7 Å². The lowest BCUT2D eigenvalue weighted by molar-refractivity contribution is -0.136. The van der Waals surface area contributed by atoms with Gasteiger partial charge in [0.1, 0.15) is 10.3 Å². The van der Waals surface area contributed by atoms with Crippen LogP contribution in [0.5, 0.6) is 0 Å². The zero-order valence-corrected chi connectivity index (χ0v) is 13.9. The van der Waals surface area contributed by atoms with E-state index in [1.165, 1.54) is 11.8 Å². The highest BCUT2D eigenvalue weighted by Gasteiger charge is 2.16. The zero-order valence-electron chi connectivity index (χ0n) is 13.1. The number of rotatable bonds is 5. The van der Waals surface area contributed by atoms with Crippen LogP contribution in [0.25, 0.3) is 23.1 Å². The minimum absolute atomic E-state index is 0.567. The third-order valence-corrected chi connectivity index (χ3v) is 4.54. The summed E-state index contributed by atoms with van der Waals surface area (Å²) in [5.74, 6) is -0.290. The van der Waals surface area contributed by atoms with Gasteiger partial charge in [0.2, 0.25) is 0 Å². The van der Waals surface area contributed by atoms with E-state index in [-0.39, 0.29) is 0 Å². The Morgan fingerprint density at radius 2 is 1.75 bits per heavy atom. The van der Waals surface area contributed by atoms with Gasteiger partial charge in [0, 0.05) is 5.39 Å². The van der Waals surface area contributed by atoms with Crippen LogP contribution < -0.4 is 0 Å². The van der Waals surface area contributed by atoms with Crippen molar-refractivity contribution in [1.29, 1.82) is 0 Å². The highest BCUT2D eigenvalue weighted by Crippen LogP contribution is 2.29. The van der Waals surface area contributed by atoms with Gasteiger partial charge >= 0.3 is 5.97 Å². The Kier molecular flexibility index (Phi) is 4.91. The average Bonchev–Trinajstić information content (AvgIpc) is 2.60. The van der Waals surface area contributed by atoms with Crippen molar-refractivity contribution in [3.05, 3.63) is 66.0 Å². The van der Waals surface area contributed by atoms with Gasteiger partial charge in [-0.15, -0.1) is 0 Å². The van der Waals surface area contributed by atoms with E-state index in [0.717, 1.165) is 16.5 Å². The molecule has 3 rings (SSSR count). The fourth-order valence-corrected chi connectivity index (χ4v) is 3.06. The zero-order chi connectivity index (χ0) is 16.9. The topological polar surface area (TPSA) is 63.1 Å². The van der Waals surface area contributed by atoms with Gasteiger partial charge in [0.05, 0.1) is 5.52 Å². The molecule has 0 radical (unpaired) electrons. The maximum Gasteiger partial charge on any atom is 0.316 e. The number of para-hydroxylation sites is 1. The second kappa shape index (κ2) is 7.27. The van der Waals surface area contributed by atoms with E-state index in [1.54, 1.807) is 6.92 Å². The van der Waals surface area contributed by atoms with Gasteiger partial charge in [-0.3, -0.25) is 4.79 Å². The van der Waals surface area contributed by atoms with E-state index >= 15 is 0 Å². The summed E-state index contributed by atoms with van der Waals surface area (Å²) in [6.07, 6.45) is 3.79. The molecule has 0 aliphatic heterocycles. The number of hydrogen-bond acceptors (Lipinski definition) is 4. The maximum absolute atomic E-state index is 11.2. The van der Waals surface area contributed by atoms with Crippen molar-refractivity contribution in [2.75, 3.05) is 0 Å². The molecule has 120 valence electrons. The van der Waals surface area contributed by atoms with Crippen molar-refractivity contribution in [1.82, 2.24) is 9.97 Å². The first-order valence-electron chi connectivity index (χ1n) is 7.53. The van der Waals surface area contributed by atoms with Gasteiger partial charge in [-0.05, 0) is 24.6 Å². The normalized spacial score (nSPS) is 12.5. The van der Waals surface area contributed by atoms with Crippen LogP contribution in [0.1, 0.15) is 18.3 Å². The van der Waals surface area contributed by atoms with Crippen molar-refractivity contribution >= 4 is 40.8 Å². The summed E-state index contributed by atoms with van der Waals surface area (Å²) in [6.45, 7) is 1.66. The Labute approximate surface area is 144 Å². The summed E-state index contributed by atoms with van der Waals surface area (Å²) in [5, 5.41) is 10.1. The smallest absolute Gasteiger partial charge is 0.316 e. The minimum Gasteiger partial charge on any atom is -0.480 e. The third-order valence-electron chi connectivity index (χ3n) is 3.45.